The molecule has 0 aromatic carbocycles. The molecule has 2 amide bonds. The lowest BCUT2D eigenvalue weighted by Gasteiger charge is -2.33. The number of carbonyl (C=O) groups excluding carboxylic acids is 2. The van der Waals surface area contributed by atoms with Crippen molar-refractivity contribution in [3.8, 4) is 0 Å². The number of aromatic nitrogens is 2. The summed E-state index contributed by atoms with van der Waals surface area (Å²) in [6.07, 6.45) is 6.58. The molecule has 0 radical (unpaired) electrons. The number of methoxy groups -OCH3 is 1. The second-order valence-electron chi connectivity index (χ2n) is 6.87. The van der Waals surface area contributed by atoms with Crippen molar-refractivity contribution in [3.05, 3.63) is 35.6 Å². The number of ether oxygens (including phenoxy) is 2. The number of alkyl halides is 1. The molecule has 0 bridgehead atoms. The Bertz CT molecular complexity index is 785. The maximum atomic E-state index is 12.7. The van der Waals surface area contributed by atoms with Crippen LogP contribution >= 0.6 is 11.6 Å². The summed E-state index contributed by atoms with van der Waals surface area (Å²) >= 11 is 5.59. The Morgan fingerprint density at radius 2 is 1.83 bits per heavy atom. The first-order valence-electron chi connectivity index (χ1n) is 11.6. The van der Waals surface area contributed by atoms with Crippen LogP contribution in [-0.4, -0.2) is 97.5 Å². The minimum absolute atomic E-state index is 0.0987. The van der Waals surface area contributed by atoms with Crippen molar-refractivity contribution >= 4 is 29.8 Å². The number of carbonyl (C=O) groups is 2. The van der Waals surface area contributed by atoms with Gasteiger partial charge in [-0.3, -0.25) is 19.7 Å². The molecule has 198 valence electrons. The minimum atomic E-state index is -0.453. The average Bonchev–Trinajstić information content (AvgIpc) is 2.89. The zero-order valence-corrected chi connectivity index (χ0v) is 22.3. The molecule has 11 nitrogen and oxygen atoms in total. The van der Waals surface area contributed by atoms with Gasteiger partial charge < -0.3 is 25.4 Å². The number of nitrogens with one attached hydrogen (secondary N) is 1. The molecule has 1 aliphatic rings. The summed E-state index contributed by atoms with van der Waals surface area (Å²) in [5, 5.41) is 2.79. The lowest BCUT2D eigenvalue weighted by atomic mass is 10.2. The van der Waals surface area contributed by atoms with Crippen LogP contribution in [0.5, 0.6) is 0 Å². The van der Waals surface area contributed by atoms with Crippen LogP contribution in [0.2, 0.25) is 0 Å². The van der Waals surface area contributed by atoms with Crippen molar-refractivity contribution in [2.45, 2.75) is 33.8 Å². The second kappa shape index (κ2) is 20.7. The van der Waals surface area contributed by atoms with Crippen LogP contribution in [0.4, 0.5) is 4.79 Å². The van der Waals surface area contributed by atoms with Gasteiger partial charge in [-0.15, -0.1) is 11.6 Å². The largest absolute Gasteiger partial charge is 0.443 e. The number of hydrogen-bond acceptors (Lipinski definition) is 9. The Labute approximate surface area is 213 Å². The molecule has 0 aliphatic carbocycles. The average molecular weight is 514 g/mol. The van der Waals surface area contributed by atoms with Gasteiger partial charge in [0, 0.05) is 71.4 Å². The van der Waals surface area contributed by atoms with E-state index >= 15 is 0 Å². The first kappa shape index (κ1) is 32.4. The number of nitrogens with zero attached hydrogens (tertiary/aromatic N) is 5. The monoisotopic (exact) mass is 513 g/mol. The van der Waals surface area contributed by atoms with Crippen LogP contribution in [0.3, 0.4) is 0 Å². The molecule has 1 aromatic rings. The van der Waals surface area contributed by atoms with Crippen molar-refractivity contribution in [1.29, 1.82) is 0 Å². The van der Waals surface area contributed by atoms with Gasteiger partial charge in [-0.1, -0.05) is 26.8 Å². The molecule has 0 atom stereocenters. The van der Waals surface area contributed by atoms with Crippen LogP contribution < -0.4 is 11.1 Å². The molecular weight excluding hydrogens is 474 g/mol. The highest BCUT2D eigenvalue weighted by Crippen LogP contribution is 2.08. The number of halogens is 1. The summed E-state index contributed by atoms with van der Waals surface area (Å²) < 4.78 is 9.61. The van der Waals surface area contributed by atoms with Gasteiger partial charge in [-0.05, 0) is 6.42 Å². The maximum Gasteiger partial charge on any atom is 0.410 e. The lowest BCUT2D eigenvalue weighted by molar-refractivity contribution is 0.0706. The first-order valence-corrected chi connectivity index (χ1v) is 12.1. The first-order chi connectivity index (χ1) is 17.0. The molecule has 2 rings (SSSR count). The molecule has 1 aliphatic heterocycles. The van der Waals surface area contributed by atoms with Gasteiger partial charge in [0.1, 0.15) is 12.3 Å². The van der Waals surface area contributed by atoms with E-state index in [4.69, 9.17) is 22.1 Å². The van der Waals surface area contributed by atoms with Crippen LogP contribution in [-0.2, 0) is 16.1 Å². The van der Waals surface area contributed by atoms with E-state index in [0.29, 0.717) is 51.0 Å². The fourth-order valence-electron chi connectivity index (χ4n) is 2.81. The van der Waals surface area contributed by atoms with Gasteiger partial charge >= 0.3 is 6.09 Å². The molecule has 1 fully saturated rings. The van der Waals surface area contributed by atoms with Gasteiger partial charge in [0.15, 0.2) is 5.69 Å². The Hall–Kier alpha value is -2.60. The van der Waals surface area contributed by atoms with Crippen molar-refractivity contribution in [3.63, 3.8) is 0 Å². The molecule has 3 N–H and O–H groups in total. The Balaban J connectivity index is 0.00000214. The Morgan fingerprint density at radius 3 is 2.40 bits per heavy atom. The summed E-state index contributed by atoms with van der Waals surface area (Å²) in [4.78, 5) is 41.1. The third-order valence-corrected chi connectivity index (χ3v) is 4.53. The number of allylic oxidation sites excluding steroid dienone is 1. The third kappa shape index (κ3) is 13.2. The van der Waals surface area contributed by atoms with E-state index in [2.05, 4.69) is 25.0 Å². The van der Waals surface area contributed by atoms with Gasteiger partial charge in [0.2, 0.25) is 0 Å². The summed E-state index contributed by atoms with van der Waals surface area (Å²) in [5.74, 6) is -0.139. The summed E-state index contributed by atoms with van der Waals surface area (Å²) in [6.45, 7) is 9.04. The van der Waals surface area contributed by atoms with Gasteiger partial charge in [0.25, 0.3) is 5.91 Å². The zero-order chi connectivity index (χ0) is 26.5. The summed E-state index contributed by atoms with van der Waals surface area (Å²) in [6, 6.07) is 0. The SMILES string of the molecule is CC.CC/C=C(\CN=CCCl)NC(=O)c1nccnc1COC(=O)N1CCN(CN)CC1.COC. The molecule has 2 heterocycles. The highest BCUT2D eigenvalue weighted by molar-refractivity contribution is 6.24. The fraction of sp³-hybridized carbons (Fsp3) is 0.609. The van der Waals surface area contributed by atoms with Crippen molar-refractivity contribution < 1.29 is 19.1 Å². The van der Waals surface area contributed by atoms with Gasteiger partial charge in [0.05, 0.1) is 12.4 Å². The van der Waals surface area contributed by atoms with Crippen molar-refractivity contribution in [2.24, 2.45) is 10.7 Å². The van der Waals surface area contributed by atoms with E-state index < -0.39 is 12.0 Å². The van der Waals surface area contributed by atoms with E-state index in [1.54, 1.807) is 25.3 Å². The molecule has 0 saturated carbocycles. The maximum absolute atomic E-state index is 12.7. The number of rotatable bonds is 9. The predicted molar refractivity (Wildman–Crippen MR) is 139 cm³/mol. The van der Waals surface area contributed by atoms with Crippen LogP contribution in [0.15, 0.2) is 29.2 Å². The Morgan fingerprint density at radius 1 is 1.20 bits per heavy atom. The highest BCUT2D eigenvalue weighted by atomic mass is 35.5. The molecule has 0 spiro atoms. The number of hydrogen-bond donors (Lipinski definition) is 2. The minimum Gasteiger partial charge on any atom is -0.443 e. The molecule has 12 heteroatoms. The molecular formula is C23H40ClN7O4. The Kier molecular flexibility index (Phi) is 19.2. The molecule has 35 heavy (non-hydrogen) atoms. The van der Waals surface area contributed by atoms with Crippen LogP contribution in [0.25, 0.3) is 0 Å². The fourth-order valence-corrected chi connectivity index (χ4v) is 2.91. The standard InChI is InChI=1S/C19H28ClN7O3.C2H6O.C2H6/c1-2-3-15(12-22-5-4-20)25-18(28)17-16(23-6-7-24-17)13-30-19(29)27-10-8-26(14-21)9-11-27;1-3-2;1-2/h3,5-7H,2,4,8-14,21H2,1H3,(H,25,28);1-2H3;1-2H3/b15-3+,22-5?;;. The van der Waals surface area contributed by atoms with E-state index in [1.165, 1.54) is 12.4 Å². The topological polar surface area (TPSA) is 135 Å². The van der Waals surface area contributed by atoms with Gasteiger partial charge in [-0.2, -0.15) is 0 Å². The number of aliphatic imine (C=N–C) groups is 1. The summed E-state index contributed by atoms with van der Waals surface area (Å²) in [5.41, 5.74) is 6.63. The predicted octanol–water partition coefficient (Wildman–Crippen LogP) is 2.27. The number of nitrogens with two attached hydrogens (primary N) is 1. The van der Waals surface area contributed by atoms with Gasteiger partial charge in [-0.25, -0.2) is 9.78 Å². The smallest absolute Gasteiger partial charge is 0.410 e. The zero-order valence-electron chi connectivity index (χ0n) is 21.5. The van der Waals surface area contributed by atoms with E-state index in [9.17, 15) is 9.59 Å². The van der Waals surface area contributed by atoms with E-state index in [1.807, 2.05) is 31.7 Å². The van der Waals surface area contributed by atoms with E-state index in [-0.39, 0.29) is 18.0 Å². The third-order valence-electron chi connectivity index (χ3n) is 4.39. The quantitative estimate of drug-likeness (QED) is 0.379. The second-order valence-corrected chi connectivity index (χ2v) is 7.18. The van der Waals surface area contributed by atoms with Crippen LogP contribution in [0, 0.1) is 0 Å². The molecule has 1 saturated heterocycles. The normalized spacial score (nSPS) is 13.9. The van der Waals surface area contributed by atoms with E-state index in [0.717, 1.165) is 6.42 Å². The molecule has 0 unspecified atom stereocenters. The summed E-state index contributed by atoms with van der Waals surface area (Å²) in [7, 11) is 3.25. The molecule has 1 aromatic heterocycles. The number of piperazine rings is 1. The highest BCUT2D eigenvalue weighted by Gasteiger charge is 2.23. The van der Waals surface area contributed by atoms with Crippen molar-refractivity contribution in [2.75, 3.05) is 59.5 Å². The van der Waals surface area contributed by atoms with Crippen molar-refractivity contribution in [1.82, 2.24) is 25.1 Å². The lowest BCUT2D eigenvalue weighted by Crippen LogP contribution is -2.50. The van der Waals surface area contributed by atoms with Crippen LogP contribution in [0.1, 0.15) is 43.4 Å². The number of amides is 2.